The first kappa shape index (κ1) is 15.9. The van der Waals surface area contributed by atoms with Crippen molar-refractivity contribution in [1.82, 2.24) is 15.1 Å². The number of hydrogen-bond acceptors (Lipinski definition) is 6. The van der Waals surface area contributed by atoms with Crippen LogP contribution in [-0.2, 0) is 0 Å². The number of benzene rings is 2. The summed E-state index contributed by atoms with van der Waals surface area (Å²) in [5.74, 6) is 0.673. The van der Waals surface area contributed by atoms with Crippen molar-refractivity contribution >= 4 is 16.6 Å². The molecule has 4 aromatic rings. The lowest BCUT2D eigenvalue weighted by atomic mass is 10.1. The summed E-state index contributed by atoms with van der Waals surface area (Å²) < 4.78 is 5.41. The average molecular weight is 346 g/mol. The van der Waals surface area contributed by atoms with Gasteiger partial charge >= 0.3 is 0 Å². The van der Waals surface area contributed by atoms with Crippen molar-refractivity contribution in [1.29, 1.82) is 0 Å². The minimum atomic E-state index is -0.421. The molecule has 0 amide bonds. The Balaban J connectivity index is 1.86. The van der Waals surface area contributed by atoms with Crippen LogP contribution in [0.1, 0.15) is 11.3 Å². The molecule has 0 atom stereocenters. The highest BCUT2D eigenvalue weighted by molar-refractivity contribution is 5.93. The van der Waals surface area contributed by atoms with Gasteiger partial charge < -0.3 is 4.52 Å². The highest BCUT2D eigenvalue weighted by Gasteiger charge is 2.20. The van der Waals surface area contributed by atoms with Gasteiger partial charge in [-0.1, -0.05) is 29.4 Å². The lowest BCUT2D eigenvalue weighted by Gasteiger charge is -2.04. The molecule has 0 unspecified atom stereocenters. The molecule has 0 spiro atoms. The Kier molecular flexibility index (Phi) is 3.69. The third-order valence-corrected chi connectivity index (χ3v) is 4.24. The molecule has 0 N–H and O–H groups in total. The second kappa shape index (κ2) is 6.03. The number of nitro benzene ring substituents is 1. The van der Waals surface area contributed by atoms with Crippen LogP contribution in [0, 0.1) is 24.0 Å². The van der Waals surface area contributed by atoms with Gasteiger partial charge in [0.2, 0.25) is 5.82 Å². The van der Waals surface area contributed by atoms with Crippen LogP contribution in [0.3, 0.4) is 0 Å². The van der Waals surface area contributed by atoms with Crippen LogP contribution < -0.4 is 0 Å². The van der Waals surface area contributed by atoms with Crippen LogP contribution in [0.4, 0.5) is 5.69 Å². The maximum absolute atomic E-state index is 11.1. The molecule has 0 aliphatic carbocycles. The predicted octanol–water partition coefficient (Wildman–Crippen LogP) is 4.48. The van der Waals surface area contributed by atoms with Crippen LogP contribution >= 0.6 is 0 Å². The van der Waals surface area contributed by atoms with E-state index in [0.717, 1.165) is 22.2 Å². The molecule has 7 heteroatoms. The van der Waals surface area contributed by atoms with Gasteiger partial charge in [-0.25, -0.2) is 0 Å². The average Bonchev–Trinajstić information content (AvgIpc) is 3.10. The number of hydrogen-bond donors (Lipinski definition) is 0. The molecule has 0 bridgehead atoms. The molecule has 2 aromatic heterocycles. The van der Waals surface area contributed by atoms with E-state index in [1.807, 2.05) is 37.3 Å². The lowest BCUT2D eigenvalue weighted by molar-refractivity contribution is -0.385. The summed E-state index contributed by atoms with van der Waals surface area (Å²) in [6.07, 6.45) is 0. The number of rotatable bonds is 3. The van der Waals surface area contributed by atoms with E-state index < -0.39 is 4.92 Å². The largest absolute Gasteiger partial charge is 0.334 e. The summed E-state index contributed by atoms with van der Waals surface area (Å²) in [6, 6.07) is 14.4. The minimum Gasteiger partial charge on any atom is -0.334 e. The number of nitrogens with zero attached hydrogens (tertiary/aromatic N) is 4. The zero-order valence-electron chi connectivity index (χ0n) is 14.1. The van der Waals surface area contributed by atoms with E-state index in [2.05, 4.69) is 15.1 Å². The minimum absolute atomic E-state index is 0.0208. The third kappa shape index (κ3) is 2.59. The van der Waals surface area contributed by atoms with Gasteiger partial charge in [-0.2, -0.15) is 4.98 Å². The Bertz CT molecular complexity index is 1150. The molecule has 26 heavy (non-hydrogen) atoms. The van der Waals surface area contributed by atoms with E-state index in [1.54, 1.807) is 19.1 Å². The number of nitro groups is 1. The first-order chi connectivity index (χ1) is 12.5. The van der Waals surface area contributed by atoms with E-state index in [0.29, 0.717) is 17.0 Å². The molecule has 128 valence electrons. The van der Waals surface area contributed by atoms with Gasteiger partial charge in [0, 0.05) is 33.8 Å². The van der Waals surface area contributed by atoms with Crippen LogP contribution in [-0.4, -0.2) is 20.0 Å². The normalized spacial score (nSPS) is 11.0. The number of aryl methyl sites for hydroxylation is 1. The maximum Gasteiger partial charge on any atom is 0.273 e. The molecule has 0 aliphatic heterocycles. The van der Waals surface area contributed by atoms with Gasteiger partial charge in [0.15, 0.2) is 0 Å². The fraction of sp³-hybridized carbons (Fsp3) is 0.105. The molecular formula is C19H14N4O3. The van der Waals surface area contributed by atoms with E-state index in [-0.39, 0.29) is 11.6 Å². The summed E-state index contributed by atoms with van der Waals surface area (Å²) in [6.45, 7) is 3.57. The molecule has 2 heterocycles. The van der Waals surface area contributed by atoms with Crippen molar-refractivity contribution in [3.8, 4) is 22.8 Å². The van der Waals surface area contributed by atoms with Crippen LogP contribution in [0.5, 0.6) is 0 Å². The predicted molar refractivity (Wildman–Crippen MR) is 96.6 cm³/mol. The third-order valence-electron chi connectivity index (χ3n) is 4.24. The van der Waals surface area contributed by atoms with Gasteiger partial charge in [0.1, 0.15) is 0 Å². The summed E-state index contributed by atoms with van der Waals surface area (Å²) in [5, 5.41) is 16.2. The molecule has 4 rings (SSSR count). The van der Waals surface area contributed by atoms with Gasteiger partial charge in [0.05, 0.1) is 10.4 Å². The maximum atomic E-state index is 11.1. The van der Waals surface area contributed by atoms with Crippen molar-refractivity contribution in [3.63, 3.8) is 0 Å². The molecule has 0 radical (unpaired) electrons. The summed E-state index contributed by atoms with van der Waals surface area (Å²) >= 11 is 0. The van der Waals surface area contributed by atoms with E-state index >= 15 is 0 Å². The van der Waals surface area contributed by atoms with Gasteiger partial charge in [-0.3, -0.25) is 15.1 Å². The van der Waals surface area contributed by atoms with E-state index in [4.69, 9.17) is 4.52 Å². The SMILES string of the molecule is Cc1cc(-c2noc(-c3cccc([N+](=O)[O-])c3C)n2)c2ccccc2n1. The van der Waals surface area contributed by atoms with E-state index in [9.17, 15) is 10.1 Å². The van der Waals surface area contributed by atoms with Gasteiger partial charge in [-0.05, 0) is 32.0 Å². The van der Waals surface area contributed by atoms with Gasteiger partial charge in [-0.15, -0.1) is 0 Å². The zero-order valence-corrected chi connectivity index (χ0v) is 14.1. The molecular weight excluding hydrogens is 332 g/mol. The Morgan fingerprint density at radius 3 is 2.62 bits per heavy atom. The summed E-state index contributed by atoms with van der Waals surface area (Å²) in [5.41, 5.74) is 3.56. The lowest BCUT2D eigenvalue weighted by Crippen LogP contribution is -1.94. The topological polar surface area (TPSA) is 95.0 Å². The van der Waals surface area contributed by atoms with E-state index in [1.165, 1.54) is 6.07 Å². The van der Waals surface area contributed by atoms with Gasteiger partial charge in [0.25, 0.3) is 11.6 Å². The fourth-order valence-electron chi connectivity index (χ4n) is 2.99. The number of fused-ring (bicyclic) bond motifs is 1. The number of para-hydroxylation sites is 1. The second-order valence-electron chi connectivity index (χ2n) is 5.96. The molecule has 0 fully saturated rings. The monoisotopic (exact) mass is 346 g/mol. The zero-order chi connectivity index (χ0) is 18.3. The van der Waals surface area contributed by atoms with Crippen molar-refractivity contribution in [3.05, 3.63) is 69.9 Å². The number of pyridine rings is 1. The molecule has 0 saturated heterocycles. The molecule has 0 aliphatic rings. The van der Waals surface area contributed by atoms with Crippen LogP contribution in [0.2, 0.25) is 0 Å². The van der Waals surface area contributed by atoms with Crippen molar-refractivity contribution in [2.24, 2.45) is 0 Å². The molecule has 2 aromatic carbocycles. The van der Waals surface area contributed by atoms with Crippen molar-refractivity contribution in [2.45, 2.75) is 13.8 Å². The Morgan fingerprint density at radius 1 is 1.00 bits per heavy atom. The first-order valence-corrected chi connectivity index (χ1v) is 7.99. The van der Waals surface area contributed by atoms with Crippen molar-refractivity contribution in [2.75, 3.05) is 0 Å². The molecule has 7 nitrogen and oxygen atoms in total. The fourth-order valence-corrected chi connectivity index (χ4v) is 2.99. The summed E-state index contributed by atoms with van der Waals surface area (Å²) in [4.78, 5) is 19.7. The highest BCUT2D eigenvalue weighted by Crippen LogP contribution is 2.32. The highest BCUT2D eigenvalue weighted by atomic mass is 16.6. The standard InChI is InChI=1S/C19H14N4O3/c1-11-10-15(14-6-3-4-8-16(14)20-11)18-21-19(26-22-18)13-7-5-9-17(12(13)2)23(24)25/h3-10H,1-2H3. The van der Waals surface area contributed by atoms with Crippen LogP contribution in [0.25, 0.3) is 33.7 Å². The molecule has 0 saturated carbocycles. The Labute approximate surface area is 148 Å². The Morgan fingerprint density at radius 2 is 1.81 bits per heavy atom. The smallest absolute Gasteiger partial charge is 0.273 e. The van der Waals surface area contributed by atoms with Crippen molar-refractivity contribution < 1.29 is 9.45 Å². The Hall–Kier alpha value is -3.61. The van der Waals surface area contributed by atoms with Crippen LogP contribution in [0.15, 0.2) is 53.1 Å². The first-order valence-electron chi connectivity index (χ1n) is 7.99. The summed E-state index contributed by atoms with van der Waals surface area (Å²) in [7, 11) is 0. The second-order valence-corrected chi connectivity index (χ2v) is 5.96. The number of aromatic nitrogens is 3. The quantitative estimate of drug-likeness (QED) is 0.401.